The first-order valence-corrected chi connectivity index (χ1v) is 10.5. The fourth-order valence-corrected chi connectivity index (χ4v) is 3.83. The minimum absolute atomic E-state index is 0.353. The summed E-state index contributed by atoms with van der Waals surface area (Å²) in [6.45, 7) is 5.99. The van der Waals surface area contributed by atoms with Crippen LogP contribution in [0.3, 0.4) is 0 Å². The minimum atomic E-state index is -0.422. The smallest absolute Gasteiger partial charge is 0.308 e. The molecule has 0 aromatic heterocycles. The summed E-state index contributed by atoms with van der Waals surface area (Å²) in [6, 6.07) is 14.4. The lowest BCUT2D eigenvalue weighted by atomic mass is 10.0. The second kappa shape index (κ2) is 10.2. The zero-order valence-corrected chi connectivity index (χ0v) is 18.9. The van der Waals surface area contributed by atoms with Gasteiger partial charge in [0, 0.05) is 17.7 Å². The lowest BCUT2D eigenvalue weighted by molar-refractivity contribution is -0.131. The van der Waals surface area contributed by atoms with Gasteiger partial charge in [-0.2, -0.15) is 0 Å². The molecule has 31 heavy (non-hydrogen) atoms. The van der Waals surface area contributed by atoms with Gasteiger partial charge in [0.2, 0.25) is 11.5 Å². The standard InChI is InChI=1S/C26H30O5/c1-17-10-8-13-20(16-17)12-6-7-15-30-23-21-14-9-11-18(2)22(21)24(31-19(3)27)26(29-5)25(23)28-4/h8-11,13-14,16H,6-7,12,15H2,1-5H3. The van der Waals surface area contributed by atoms with Gasteiger partial charge in [-0.15, -0.1) is 0 Å². The summed E-state index contributed by atoms with van der Waals surface area (Å²) >= 11 is 0. The molecule has 0 aliphatic rings. The number of esters is 1. The number of hydrogen-bond donors (Lipinski definition) is 0. The topological polar surface area (TPSA) is 54.0 Å². The maximum atomic E-state index is 11.8. The fraction of sp³-hybridized carbons (Fsp3) is 0.346. The van der Waals surface area contributed by atoms with Crippen LogP contribution in [0.5, 0.6) is 23.0 Å². The lowest BCUT2D eigenvalue weighted by Gasteiger charge is -2.20. The van der Waals surface area contributed by atoms with E-state index in [9.17, 15) is 4.79 Å². The molecule has 0 aliphatic carbocycles. The van der Waals surface area contributed by atoms with Gasteiger partial charge in [0.05, 0.1) is 20.8 Å². The Morgan fingerprint density at radius 1 is 0.871 bits per heavy atom. The molecule has 3 aromatic carbocycles. The number of fused-ring (bicyclic) bond motifs is 1. The van der Waals surface area contributed by atoms with Gasteiger partial charge in [-0.3, -0.25) is 4.79 Å². The Hall–Kier alpha value is -3.21. The van der Waals surface area contributed by atoms with Crippen molar-refractivity contribution in [2.24, 2.45) is 0 Å². The zero-order valence-electron chi connectivity index (χ0n) is 18.9. The molecule has 0 N–H and O–H groups in total. The predicted molar refractivity (Wildman–Crippen MR) is 123 cm³/mol. The van der Waals surface area contributed by atoms with Crippen LogP contribution in [0.2, 0.25) is 0 Å². The Kier molecular flexibility index (Phi) is 7.40. The molecule has 0 radical (unpaired) electrons. The molecule has 0 atom stereocenters. The summed E-state index contributed by atoms with van der Waals surface area (Å²) in [7, 11) is 3.09. The van der Waals surface area contributed by atoms with Crippen molar-refractivity contribution in [3.05, 3.63) is 59.2 Å². The highest BCUT2D eigenvalue weighted by atomic mass is 16.6. The zero-order chi connectivity index (χ0) is 22.4. The molecule has 3 rings (SSSR count). The van der Waals surface area contributed by atoms with Crippen LogP contribution in [-0.4, -0.2) is 26.8 Å². The number of rotatable bonds is 9. The van der Waals surface area contributed by atoms with E-state index in [2.05, 4.69) is 31.2 Å². The molecule has 0 saturated heterocycles. The second-order valence-electron chi connectivity index (χ2n) is 7.61. The van der Waals surface area contributed by atoms with Crippen molar-refractivity contribution in [2.75, 3.05) is 20.8 Å². The SMILES string of the molecule is COc1c(OC)c(OC(C)=O)c2c(C)cccc2c1OCCCCc1cccc(C)c1. The normalized spacial score (nSPS) is 10.7. The molecule has 0 spiro atoms. The van der Waals surface area contributed by atoms with Crippen LogP contribution >= 0.6 is 0 Å². The number of hydrogen-bond acceptors (Lipinski definition) is 5. The van der Waals surface area contributed by atoms with Crippen LogP contribution in [0.15, 0.2) is 42.5 Å². The van der Waals surface area contributed by atoms with E-state index in [-0.39, 0.29) is 0 Å². The Morgan fingerprint density at radius 3 is 2.26 bits per heavy atom. The number of aryl methyl sites for hydroxylation is 3. The highest BCUT2D eigenvalue weighted by molar-refractivity contribution is 6.01. The molecule has 0 unspecified atom stereocenters. The summed E-state index contributed by atoms with van der Waals surface area (Å²) in [5, 5.41) is 1.61. The predicted octanol–water partition coefficient (Wildman–Crippen LogP) is 5.80. The van der Waals surface area contributed by atoms with Crippen molar-refractivity contribution in [2.45, 2.75) is 40.0 Å². The molecular formula is C26H30O5. The first kappa shape index (κ1) is 22.5. The van der Waals surface area contributed by atoms with Crippen molar-refractivity contribution in [1.29, 1.82) is 0 Å². The van der Waals surface area contributed by atoms with Crippen LogP contribution in [0.25, 0.3) is 10.8 Å². The molecule has 0 saturated carbocycles. The number of methoxy groups -OCH3 is 2. The minimum Gasteiger partial charge on any atom is -0.490 e. The first-order chi connectivity index (χ1) is 15.0. The van der Waals surface area contributed by atoms with Crippen LogP contribution in [0.1, 0.15) is 36.5 Å². The van der Waals surface area contributed by atoms with Crippen LogP contribution in [-0.2, 0) is 11.2 Å². The van der Waals surface area contributed by atoms with Gasteiger partial charge in [-0.1, -0.05) is 48.0 Å². The number of unbranched alkanes of at least 4 members (excludes halogenated alkanes) is 1. The number of carbonyl (C=O) groups excluding carboxylic acids is 1. The van der Waals surface area contributed by atoms with Crippen LogP contribution < -0.4 is 18.9 Å². The molecule has 5 nitrogen and oxygen atoms in total. The monoisotopic (exact) mass is 422 g/mol. The third-order valence-corrected chi connectivity index (χ3v) is 5.21. The first-order valence-electron chi connectivity index (χ1n) is 10.5. The third kappa shape index (κ3) is 5.10. The lowest BCUT2D eigenvalue weighted by Crippen LogP contribution is -2.07. The summed E-state index contributed by atoms with van der Waals surface area (Å²) in [6.07, 6.45) is 2.93. The summed E-state index contributed by atoms with van der Waals surface area (Å²) in [5.41, 5.74) is 3.57. The van der Waals surface area contributed by atoms with E-state index in [4.69, 9.17) is 18.9 Å². The molecule has 0 fully saturated rings. The number of ether oxygens (including phenoxy) is 4. The van der Waals surface area contributed by atoms with Gasteiger partial charge in [0.15, 0.2) is 11.5 Å². The molecule has 0 amide bonds. The highest BCUT2D eigenvalue weighted by Gasteiger charge is 2.25. The quantitative estimate of drug-likeness (QED) is 0.248. The molecule has 0 heterocycles. The number of carbonyl (C=O) groups is 1. The average Bonchev–Trinajstić information content (AvgIpc) is 2.73. The van der Waals surface area contributed by atoms with Crippen molar-refractivity contribution >= 4 is 16.7 Å². The summed E-state index contributed by atoms with van der Waals surface area (Å²) in [5.74, 6) is 1.32. The van der Waals surface area contributed by atoms with Crippen molar-refractivity contribution in [3.63, 3.8) is 0 Å². The fourth-order valence-electron chi connectivity index (χ4n) is 3.83. The van der Waals surface area contributed by atoms with E-state index in [1.165, 1.54) is 25.2 Å². The Morgan fingerprint density at radius 2 is 1.58 bits per heavy atom. The Balaban J connectivity index is 1.87. The molecule has 0 aliphatic heterocycles. The van der Waals surface area contributed by atoms with E-state index in [0.29, 0.717) is 29.6 Å². The number of benzene rings is 3. The van der Waals surface area contributed by atoms with E-state index in [0.717, 1.165) is 35.6 Å². The maximum absolute atomic E-state index is 11.8. The largest absolute Gasteiger partial charge is 0.490 e. The second-order valence-corrected chi connectivity index (χ2v) is 7.61. The Labute approximate surface area is 183 Å². The van der Waals surface area contributed by atoms with E-state index < -0.39 is 5.97 Å². The van der Waals surface area contributed by atoms with Crippen molar-refractivity contribution in [3.8, 4) is 23.0 Å². The van der Waals surface area contributed by atoms with Crippen molar-refractivity contribution < 1.29 is 23.7 Å². The Bertz CT molecular complexity index is 1070. The van der Waals surface area contributed by atoms with Gasteiger partial charge in [-0.25, -0.2) is 0 Å². The van der Waals surface area contributed by atoms with E-state index >= 15 is 0 Å². The van der Waals surface area contributed by atoms with Crippen molar-refractivity contribution in [1.82, 2.24) is 0 Å². The van der Waals surface area contributed by atoms with E-state index in [1.807, 2.05) is 25.1 Å². The van der Waals surface area contributed by atoms with Gasteiger partial charge < -0.3 is 18.9 Å². The van der Waals surface area contributed by atoms with Gasteiger partial charge in [0.1, 0.15) is 0 Å². The molecule has 5 heteroatoms. The average molecular weight is 423 g/mol. The van der Waals surface area contributed by atoms with Crippen LogP contribution in [0.4, 0.5) is 0 Å². The van der Waals surface area contributed by atoms with E-state index in [1.54, 1.807) is 7.11 Å². The van der Waals surface area contributed by atoms with Gasteiger partial charge >= 0.3 is 5.97 Å². The van der Waals surface area contributed by atoms with Gasteiger partial charge in [-0.05, 0) is 44.2 Å². The third-order valence-electron chi connectivity index (χ3n) is 5.21. The molecule has 164 valence electrons. The molecular weight excluding hydrogens is 392 g/mol. The summed E-state index contributed by atoms with van der Waals surface area (Å²) in [4.78, 5) is 11.8. The van der Waals surface area contributed by atoms with Crippen LogP contribution in [0, 0.1) is 13.8 Å². The molecule has 3 aromatic rings. The summed E-state index contributed by atoms with van der Waals surface area (Å²) < 4.78 is 23.0. The highest BCUT2D eigenvalue weighted by Crippen LogP contribution is 2.52. The maximum Gasteiger partial charge on any atom is 0.308 e. The van der Waals surface area contributed by atoms with Gasteiger partial charge in [0.25, 0.3) is 0 Å². The molecule has 0 bridgehead atoms.